The normalized spacial score (nSPS) is 11.1. The number of nitrogens with one attached hydrogen (secondary N) is 1. The summed E-state index contributed by atoms with van der Waals surface area (Å²) in [5.41, 5.74) is 1.62. The van der Waals surface area contributed by atoms with Crippen molar-refractivity contribution < 1.29 is 4.42 Å². The third-order valence-corrected chi connectivity index (χ3v) is 2.39. The molecule has 1 aromatic heterocycles. The van der Waals surface area contributed by atoms with Gasteiger partial charge in [0.15, 0.2) is 11.5 Å². The highest BCUT2D eigenvalue weighted by Gasteiger charge is 2.05. The van der Waals surface area contributed by atoms with Crippen molar-refractivity contribution in [1.29, 1.82) is 0 Å². The molecular formula is C11H13ClN2O. The van der Waals surface area contributed by atoms with Crippen molar-refractivity contribution in [3.8, 4) is 0 Å². The Morgan fingerprint density at radius 1 is 1.47 bits per heavy atom. The maximum atomic E-state index is 5.86. The second kappa shape index (κ2) is 4.64. The number of likely N-dealkylation sites (N-methyl/N-ethyl adjacent to an activating group) is 1. The number of fused-ring (bicyclic) bond motifs is 1. The second-order valence-corrected chi connectivity index (χ2v) is 3.76. The van der Waals surface area contributed by atoms with E-state index < -0.39 is 0 Å². The second-order valence-electron chi connectivity index (χ2n) is 3.32. The lowest BCUT2D eigenvalue weighted by atomic mass is 10.3. The molecule has 0 fully saturated rings. The van der Waals surface area contributed by atoms with E-state index in [-0.39, 0.29) is 0 Å². The molecule has 0 amide bonds. The summed E-state index contributed by atoms with van der Waals surface area (Å²) in [5.74, 6) is 0.758. The molecule has 0 aliphatic heterocycles. The van der Waals surface area contributed by atoms with Gasteiger partial charge in [0, 0.05) is 18.0 Å². The maximum Gasteiger partial charge on any atom is 0.196 e. The van der Waals surface area contributed by atoms with Crippen molar-refractivity contribution in [3.63, 3.8) is 0 Å². The highest BCUT2D eigenvalue weighted by atomic mass is 35.5. The van der Waals surface area contributed by atoms with Crippen LogP contribution in [0.25, 0.3) is 11.1 Å². The third-order valence-electron chi connectivity index (χ3n) is 2.16. The minimum atomic E-state index is 0.689. The predicted molar refractivity (Wildman–Crippen MR) is 61.3 cm³/mol. The van der Waals surface area contributed by atoms with Gasteiger partial charge in [0.1, 0.15) is 5.52 Å². The van der Waals surface area contributed by atoms with Crippen LogP contribution in [-0.2, 0) is 6.42 Å². The number of hydrogen-bond acceptors (Lipinski definition) is 3. The summed E-state index contributed by atoms with van der Waals surface area (Å²) in [4.78, 5) is 4.35. The zero-order valence-electron chi connectivity index (χ0n) is 8.59. The molecule has 0 unspecified atom stereocenters. The smallest absolute Gasteiger partial charge is 0.196 e. The molecule has 1 heterocycles. The van der Waals surface area contributed by atoms with Crippen LogP contribution in [0.1, 0.15) is 12.8 Å². The number of oxazole rings is 1. The average molecular weight is 225 g/mol. The first kappa shape index (κ1) is 10.5. The highest BCUT2D eigenvalue weighted by molar-refractivity contribution is 6.31. The molecule has 2 rings (SSSR count). The van der Waals surface area contributed by atoms with Gasteiger partial charge < -0.3 is 9.73 Å². The molecule has 4 heteroatoms. The summed E-state index contributed by atoms with van der Waals surface area (Å²) in [5, 5.41) is 3.92. The Morgan fingerprint density at radius 3 is 3.13 bits per heavy atom. The molecule has 3 nitrogen and oxygen atoms in total. The average Bonchev–Trinajstić information content (AvgIpc) is 2.60. The standard InChI is InChI=1S/C11H13ClN2O/c1-2-13-6-5-11-14-9-7-8(12)3-4-10(9)15-11/h3-4,7,13H,2,5-6H2,1H3. The minimum Gasteiger partial charge on any atom is -0.441 e. The van der Waals surface area contributed by atoms with Gasteiger partial charge in [-0.2, -0.15) is 0 Å². The molecule has 2 aromatic rings. The summed E-state index contributed by atoms with van der Waals surface area (Å²) in [6.07, 6.45) is 0.806. The number of aromatic nitrogens is 1. The lowest BCUT2D eigenvalue weighted by molar-refractivity contribution is 0.517. The van der Waals surface area contributed by atoms with Crippen LogP contribution in [0.4, 0.5) is 0 Å². The summed E-state index contributed by atoms with van der Waals surface area (Å²) < 4.78 is 5.56. The van der Waals surface area contributed by atoms with Crippen LogP contribution in [0.2, 0.25) is 5.02 Å². The first-order chi connectivity index (χ1) is 7.29. The molecule has 0 atom stereocenters. The first-order valence-electron chi connectivity index (χ1n) is 5.05. The maximum absolute atomic E-state index is 5.86. The lowest BCUT2D eigenvalue weighted by Crippen LogP contribution is -2.16. The quantitative estimate of drug-likeness (QED) is 0.812. The van der Waals surface area contributed by atoms with E-state index in [1.807, 2.05) is 18.2 Å². The van der Waals surface area contributed by atoms with Crippen LogP contribution >= 0.6 is 11.6 Å². The van der Waals surface area contributed by atoms with Crippen molar-refractivity contribution >= 4 is 22.7 Å². The lowest BCUT2D eigenvalue weighted by Gasteiger charge is -1.95. The number of rotatable bonds is 4. The zero-order valence-corrected chi connectivity index (χ0v) is 9.34. The summed E-state index contributed by atoms with van der Waals surface area (Å²) >= 11 is 5.86. The molecule has 80 valence electrons. The van der Waals surface area contributed by atoms with Gasteiger partial charge in [-0.25, -0.2) is 4.98 Å². The Balaban J connectivity index is 2.16. The molecule has 0 saturated heterocycles. The molecule has 0 spiro atoms. The summed E-state index contributed by atoms with van der Waals surface area (Å²) in [6, 6.07) is 5.47. The van der Waals surface area contributed by atoms with Crippen LogP contribution < -0.4 is 5.32 Å². The molecule has 1 aromatic carbocycles. The molecule has 1 N–H and O–H groups in total. The number of halogens is 1. The number of hydrogen-bond donors (Lipinski definition) is 1. The van der Waals surface area contributed by atoms with Crippen molar-refractivity contribution in [2.45, 2.75) is 13.3 Å². The van der Waals surface area contributed by atoms with E-state index in [1.54, 1.807) is 0 Å². The van der Waals surface area contributed by atoms with Crippen LogP contribution in [0.15, 0.2) is 22.6 Å². The molecule has 0 aliphatic rings. The van der Waals surface area contributed by atoms with Crippen LogP contribution in [-0.4, -0.2) is 18.1 Å². The molecular weight excluding hydrogens is 212 g/mol. The Hall–Kier alpha value is -1.06. The Morgan fingerprint density at radius 2 is 2.33 bits per heavy atom. The third kappa shape index (κ3) is 2.49. The van der Waals surface area contributed by atoms with Gasteiger partial charge in [0.25, 0.3) is 0 Å². The summed E-state index contributed by atoms with van der Waals surface area (Å²) in [6.45, 7) is 3.93. The van der Waals surface area contributed by atoms with E-state index in [2.05, 4.69) is 17.2 Å². The van der Waals surface area contributed by atoms with E-state index >= 15 is 0 Å². The van der Waals surface area contributed by atoms with Gasteiger partial charge in [-0.15, -0.1) is 0 Å². The SMILES string of the molecule is CCNCCc1nc2cc(Cl)ccc2o1. The van der Waals surface area contributed by atoms with Gasteiger partial charge in [-0.3, -0.25) is 0 Å². The fraction of sp³-hybridized carbons (Fsp3) is 0.364. The number of benzene rings is 1. The van der Waals surface area contributed by atoms with Gasteiger partial charge in [0.2, 0.25) is 0 Å². The van der Waals surface area contributed by atoms with Gasteiger partial charge in [-0.1, -0.05) is 18.5 Å². The van der Waals surface area contributed by atoms with Gasteiger partial charge in [-0.05, 0) is 24.7 Å². The molecule has 0 radical (unpaired) electrons. The van der Waals surface area contributed by atoms with Crippen molar-refractivity contribution in [2.24, 2.45) is 0 Å². The van der Waals surface area contributed by atoms with Gasteiger partial charge >= 0.3 is 0 Å². The van der Waals surface area contributed by atoms with E-state index in [1.165, 1.54) is 0 Å². The minimum absolute atomic E-state index is 0.689. The molecule has 0 bridgehead atoms. The molecule has 15 heavy (non-hydrogen) atoms. The zero-order chi connectivity index (χ0) is 10.7. The molecule has 0 aliphatic carbocycles. The van der Waals surface area contributed by atoms with Crippen molar-refractivity contribution in [3.05, 3.63) is 29.1 Å². The summed E-state index contributed by atoms with van der Waals surface area (Å²) in [7, 11) is 0. The Labute approximate surface area is 93.4 Å². The van der Waals surface area contributed by atoms with E-state index in [0.717, 1.165) is 36.5 Å². The highest BCUT2D eigenvalue weighted by Crippen LogP contribution is 2.19. The van der Waals surface area contributed by atoms with Crippen LogP contribution in [0.5, 0.6) is 0 Å². The first-order valence-corrected chi connectivity index (χ1v) is 5.43. The topological polar surface area (TPSA) is 38.1 Å². The fourth-order valence-electron chi connectivity index (χ4n) is 1.43. The van der Waals surface area contributed by atoms with E-state index in [4.69, 9.17) is 16.0 Å². The largest absolute Gasteiger partial charge is 0.441 e. The number of nitrogens with zero attached hydrogens (tertiary/aromatic N) is 1. The van der Waals surface area contributed by atoms with Crippen molar-refractivity contribution in [2.75, 3.05) is 13.1 Å². The molecule has 0 saturated carbocycles. The van der Waals surface area contributed by atoms with Crippen LogP contribution in [0.3, 0.4) is 0 Å². The Bertz CT molecular complexity index is 453. The predicted octanol–water partition coefficient (Wildman–Crippen LogP) is 2.63. The monoisotopic (exact) mass is 224 g/mol. The van der Waals surface area contributed by atoms with Crippen molar-refractivity contribution in [1.82, 2.24) is 10.3 Å². The van der Waals surface area contributed by atoms with Crippen LogP contribution in [0, 0.1) is 0 Å². The van der Waals surface area contributed by atoms with E-state index in [9.17, 15) is 0 Å². The van der Waals surface area contributed by atoms with E-state index in [0.29, 0.717) is 5.02 Å². The van der Waals surface area contributed by atoms with Gasteiger partial charge in [0.05, 0.1) is 0 Å². The Kier molecular flexibility index (Phi) is 3.23. The fourth-order valence-corrected chi connectivity index (χ4v) is 1.59.